The summed E-state index contributed by atoms with van der Waals surface area (Å²) in [5.74, 6) is 0.487. The monoisotopic (exact) mass is 267 g/mol. The highest BCUT2D eigenvalue weighted by molar-refractivity contribution is 6.06. The predicted octanol–water partition coefficient (Wildman–Crippen LogP) is 3.02. The average molecular weight is 267 g/mol. The molecule has 1 aliphatic rings. The molecule has 102 valence electrons. The van der Waals surface area contributed by atoms with Gasteiger partial charge in [0.25, 0.3) is 5.91 Å². The second-order valence-corrected chi connectivity index (χ2v) is 5.19. The van der Waals surface area contributed by atoms with Gasteiger partial charge in [-0.1, -0.05) is 25.1 Å². The maximum Gasteiger partial charge on any atom is 0.259 e. The third kappa shape index (κ3) is 2.29. The third-order valence-corrected chi connectivity index (χ3v) is 3.85. The Kier molecular flexibility index (Phi) is 3.46. The van der Waals surface area contributed by atoms with E-state index in [1.807, 2.05) is 23.1 Å². The van der Waals surface area contributed by atoms with E-state index in [-0.39, 0.29) is 5.91 Å². The quantitative estimate of drug-likeness (QED) is 0.798. The third-order valence-electron chi connectivity index (χ3n) is 3.85. The van der Waals surface area contributed by atoms with Crippen molar-refractivity contribution in [2.24, 2.45) is 0 Å². The van der Waals surface area contributed by atoms with Crippen LogP contribution in [0.25, 0.3) is 0 Å². The maximum absolute atomic E-state index is 12.7. The summed E-state index contributed by atoms with van der Waals surface area (Å²) in [4.78, 5) is 14.6. The van der Waals surface area contributed by atoms with Crippen LogP contribution in [0.4, 0.5) is 5.69 Å². The number of benzene rings is 1. The molecule has 4 heteroatoms. The van der Waals surface area contributed by atoms with E-state index in [0.29, 0.717) is 11.5 Å². The fraction of sp³-hybridized carbons (Fsp3) is 0.312. The fourth-order valence-corrected chi connectivity index (χ4v) is 2.77. The van der Waals surface area contributed by atoms with Crippen molar-refractivity contribution in [2.45, 2.75) is 25.7 Å². The highest BCUT2D eigenvalue weighted by Gasteiger charge is 2.24. The minimum Gasteiger partial charge on any atom is -0.308 e. The molecular formula is C16H17N3O. The average Bonchev–Trinajstić information content (AvgIpc) is 2.67. The molecule has 3 rings (SSSR count). The largest absolute Gasteiger partial charge is 0.308 e. The van der Waals surface area contributed by atoms with E-state index < -0.39 is 0 Å². The number of carbonyl (C=O) groups excluding carboxylic acids is 1. The molecule has 1 unspecified atom stereocenters. The maximum atomic E-state index is 12.7. The molecule has 1 atom stereocenters. The molecule has 0 radical (unpaired) electrons. The van der Waals surface area contributed by atoms with Crippen molar-refractivity contribution in [1.82, 2.24) is 10.2 Å². The lowest BCUT2D eigenvalue weighted by Crippen LogP contribution is -2.31. The van der Waals surface area contributed by atoms with Gasteiger partial charge in [-0.25, -0.2) is 0 Å². The van der Waals surface area contributed by atoms with Crippen LogP contribution in [-0.4, -0.2) is 22.6 Å². The Hall–Kier alpha value is -2.23. The first-order valence-corrected chi connectivity index (χ1v) is 6.95. The summed E-state index contributed by atoms with van der Waals surface area (Å²) in [6.45, 7) is 2.98. The SMILES string of the molecule is CC1CCCN(C(=O)c2ccnnc2)c2ccccc21. The summed E-state index contributed by atoms with van der Waals surface area (Å²) in [5, 5.41) is 7.52. The number of para-hydroxylation sites is 1. The molecule has 2 heterocycles. The molecule has 0 bridgehead atoms. The van der Waals surface area contributed by atoms with E-state index in [1.54, 1.807) is 12.3 Å². The van der Waals surface area contributed by atoms with Crippen LogP contribution < -0.4 is 4.90 Å². The molecule has 1 aromatic carbocycles. The van der Waals surface area contributed by atoms with Gasteiger partial charge in [0.05, 0.1) is 18.0 Å². The first-order chi connectivity index (χ1) is 9.77. The Morgan fingerprint density at radius 3 is 2.90 bits per heavy atom. The molecule has 0 saturated carbocycles. The zero-order chi connectivity index (χ0) is 13.9. The molecule has 4 nitrogen and oxygen atoms in total. The molecule has 0 fully saturated rings. The second-order valence-electron chi connectivity index (χ2n) is 5.19. The van der Waals surface area contributed by atoms with Crippen LogP contribution in [0, 0.1) is 0 Å². The molecule has 1 amide bonds. The molecule has 1 aromatic heterocycles. The van der Waals surface area contributed by atoms with Gasteiger partial charge in [-0.2, -0.15) is 10.2 Å². The van der Waals surface area contributed by atoms with E-state index in [2.05, 4.69) is 23.2 Å². The molecule has 0 spiro atoms. The zero-order valence-electron chi connectivity index (χ0n) is 11.5. The number of anilines is 1. The lowest BCUT2D eigenvalue weighted by atomic mass is 9.96. The number of carbonyl (C=O) groups is 1. The van der Waals surface area contributed by atoms with Crippen molar-refractivity contribution in [3.05, 3.63) is 53.9 Å². The molecule has 2 aromatic rings. The summed E-state index contributed by atoms with van der Waals surface area (Å²) in [6.07, 6.45) is 5.20. The molecule has 0 saturated heterocycles. The number of aromatic nitrogens is 2. The summed E-state index contributed by atoms with van der Waals surface area (Å²) in [7, 11) is 0. The van der Waals surface area contributed by atoms with Crippen molar-refractivity contribution in [3.63, 3.8) is 0 Å². The molecular weight excluding hydrogens is 250 g/mol. The van der Waals surface area contributed by atoms with Gasteiger partial charge < -0.3 is 4.90 Å². The first-order valence-electron chi connectivity index (χ1n) is 6.95. The van der Waals surface area contributed by atoms with Crippen molar-refractivity contribution < 1.29 is 4.79 Å². The topological polar surface area (TPSA) is 46.1 Å². The van der Waals surface area contributed by atoms with Crippen LogP contribution >= 0.6 is 0 Å². The zero-order valence-corrected chi connectivity index (χ0v) is 11.5. The lowest BCUT2D eigenvalue weighted by Gasteiger charge is -2.23. The Morgan fingerprint density at radius 1 is 1.25 bits per heavy atom. The predicted molar refractivity (Wildman–Crippen MR) is 77.8 cm³/mol. The van der Waals surface area contributed by atoms with Crippen LogP contribution in [0.15, 0.2) is 42.7 Å². The second kappa shape index (κ2) is 5.41. The number of fused-ring (bicyclic) bond motifs is 1. The Morgan fingerprint density at radius 2 is 2.10 bits per heavy atom. The fourth-order valence-electron chi connectivity index (χ4n) is 2.77. The van der Waals surface area contributed by atoms with Crippen LogP contribution in [0.3, 0.4) is 0 Å². The highest BCUT2D eigenvalue weighted by atomic mass is 16.2. The van der Waals surface area contributed by atoms with Gasteiger partial charge in [0.2, 0.25) is 0 Å². The number of hydrogen-bond donors (Lipinski definition) is 0. The summed E-state index contributed by atoms with van der Waals surface area (Å²) in [6, 6.07) is 9.89. The van der Waals surface area contributed by atoms with Crippen LogP contribution in [0.2, 0.25) is 0 Å². The first kappa shape index (κ1) is 12.8. The minimum atomic E-state index is 0.00134. The van der Waals surface area contributed by atoms with Crippen molar-refractivity contribution in [2.75, 3.05) is 11.4 Å². The highest BCUT2D eigenvalue weighted by Crippen LogP contribution is 2.34. The lowest BCUT2D eigenvalue weighted by molar-refractivity contribution is 0.0986. The van der Waals surface area contributed by atoms with Crippen molar-refractivity contribution >= 4 is 11.6 Å². The Labute approximate surface area is 118 Å². The van der Waals surface area contributed by atoms with Gasteiger partial charge in [0, 0.05) is 12.2 Å². The van der Waals surface area contributed by atoms with E-state index in [9.17, 15) is 4.79 Å². The van der Waals surface area contributed by atoms with Gasteiger partial charge in [-0.05, 0) is 36.5 Å². The van der Waals surface area contributed by atoms with Crippen molar-refractivity contribution in [1.29, 1.82) is 0 Å². The van der Waals surface area contributed by atoms with Gasteiger partial charge in [0.1, 0.15) is 0 Å². The smallest absolute Gasteiger partial charge is 0.259 e. The van der Waals surface area contributed by atoms with Gasteiger partial charge in [-0.15, -0.1) is 0 Å². The number of rotatable bonds is 1. The van der Waals surface area contributed by atoms with Gasteiger partial charge in [-0.3, -0.25) is 4.79 Å². The molecule has 0 N–H and O–H groups in total. The number of nitrogens with zero attached hydrogens (tertiary/aromatic N) is 3. The van der Waals surface area contributed by atoms with Crippen molar-refractivity contribution in [3.8, 4) is 0 Å². The Balaban J connectivity index is 2.01. The molecule has 1 aliphatic heterocycles. The number of amides is 1. The summed E-state index contributed by atoms with van der Waals surface area (Å²) in [5.41, 5.74) is 2.86. The minimum absolute atomic E-state index is 0.00134. The van der Waals surface area contributed by atoms with Gasteiger partial charge in [0.15, 0.2) is 0 Å². The van der Waals surface area contributed by atoms with E-state index in [4.69, 9.17) is 0 Å². The summed E-state index contributed by atoms with van der Waals surface area (Å²) < 4.78 is 0. The number of hydrogen-bond acceptors (Lipinski definition) is 3. The standard InChI is InChI=1S/C16H17N3O/c1-12-5-4-10-19(15-7-3-2-6-14(12)15)16(20)13-8-9-17-18-11-13/h2-3,6-9,11-12H,4-5,10H2,1H3. The molecule has 0 aliphatic carbocycles. The van der Waals surface area contributed by atoms with E-state index in [1.165, 1.54) is 11.8 Å². The van der Waals surface area contributed by atoms with Gasteiger partial charge >= 0.3 is 0 Å². The van der Waals surface area contributed by atoms with Crippen LogP contribution in [-0.2, 0) is 0 Å². The van der Waals surface area contributed by atoms with Crippen LogP contribution in [0.5, 0.6) is 0 Å². The van der Waals surface area contributed by atoms with E-state index >= 15 is 0 Å². The summed E-state index contributed by atoms with van der Waals surface area (Å²) >= 11 is 0. The van der Waals surface area contributed by atoms with Crippen LogP contribution in [0.1, 0.15) is 41.6 Å². The normalized spacial score (nSPS) is 18.2. The molecule has 20 heavy (non-hydrogen) atoms. The van der Waals surface area contributed by atoms with E-state index in [0.717, 1.165) is 25.1 Å². The Bertz CT molecular complexity index is 612.